The number of methoxy groups -OCH3 is 4. The highest BCUT2D eigenvalue weighted by Gasteiger charge is 2.22. The van der Waals surface area contributed by atoms with Crippen LogP contribution in [0.5, 0.6) is 5.75 Å². The van der Waals surface area contributed by atoms with Crippen LogP contribution in [0.2, 0.25) is 0 Å². The third kappa shape index (κ3) is 15.3. The summed E-state index contributed by atoms with van der Waals surface area (Å²) in [6.07, 6.45) is 1.64. The minimum absolute atomic E-state index is 0.180. The lowest BCUT2D eigenvalue weighted by Crippen LogP contribution is -2.37. The number of anilines is 3. The summed E-state index contributed by atoms with van der Waals surface area (Å²) in [5.41, 5.74) is 4.10. The average molecular weight is 827 g/mol. The van der Waals surface area contributed by atoms with Crippen molar-refractivity contribution in [3.63, 3.8) is 0 Å². The number of pyridine rings is 1. The van der Waals surface area contributed by atoms with Crippen molar-refractivity contribution >= 4 is 40.0 Å². The molecule has 0 atom stereocenters. The number of urea groups is 1. The number of fused-ring (bicyclic) bond motifs is 1. The fourth-order valence-electron chi connectivity index (χ4n) is 5.86. The monoisotopic (exact) mass is 826 g/mol. The summed E-state index contributed by atoms with van der Waals surface area (Å²) in [7, 11) is 6.65. The van der Waals surface area contributed by atoms with Crippen LogP contribution in [-0.2, 0) is 35.8 Å². The van der Waals surface area contributed by atoms with Crippen molar-refractivity contribution in [2.45, 2.75) is 39.7 Å². The molecule has 0 saturated carbocycles. The van der Waals surface area contributed by atoms with Gasteiger partial charge in [0.1, 0.15) is 24.0 Å². The number of nitrogens with one attached hydrogen (secondary N) is 4. The quantitative estimate of drug-likeness (QED) is 0.0587. The van der Waals surface area contributed by atoms with Crippen molar-refractivity contribution in [3.8, 4) is 11.4 Å². The topological polar surface area (TPSA) is 162 Å². The number of amides is 3. The summed E-state index contributed by atoms with van der Waals surface area (Å²) in [4.78, 5) is 32.5. The van der Waals surface area contributed by atoms with Crippen molar-refractivity contribution in [2.75, 3.05) is 104 Å². The Morgan fingerprint density at radius 1 is 0.750 bits per heavy atom. The van der Waals surface area contributed by atoms with Gasteiger partial charge in [-0.1, -0.05) is 62.7 Å². The van der Waals surface area contributed by atoms with Crippen LogP contribution in [0.1, 0.15) is 37.6 Å². The highest BCUT2D eigenvalue weighted by molar-refractivity contribution is 6.07. The van der Waals surface area contributed by atoms with Gasteiger partial charge in [-0.2, -0.15) is 5.10 Å². The van der Waals surface area contributed by atoms with Crippen molar-refractivity contribution < 1.29 is 33.3 Å². The molecule has 0 radical (unpaired) electrons. The SMILES string of the molecule is COCCN(CCOC)CC(=O)Nc1cc(COc2ccc(NC(=O)Nc3cc(C(C)(C)C)nn3-c3ccc(C)cc3)c3ccccc23)ccn1.COCCNCCOC. The van der Waals surface area contributed by atoms with Gasteiger partial charge in [0.25, 0.3) is 0 Å². The summed E-state index contributed by atoms with van der Waals surface area (Å²) in [6, 6.07) is 24.5. The zero-order valence-corrected chi connectivity index (χ0v) is 36.3. The average Bonchev–Trinajstić information content (AvgIpc) is 3.66. The maximum Gasteiger partial charge on any atom is 0.324 e. The summed E-state index contributed by atoms with van der Waals surface area (Å²) >= 11 is 0. The molecule has 0 aliphatic carbocycles. The standard InChI is InChI=1S/C39H47N7O5.C6H15NO2/c1-27-11-13-29(14-12-27)46-36(24-34(44-46)39(2,3)4)43-38(48)41-32-15-16-33(31-10-8-7-9-30(31)32)51-26-28-17-18-40-35(23-28)42-37(47)25-45(19-21-49-5)20-22-50-6;1-8-5-3-7-4-6-9-2/h7-18,23-24H,19-22,25-26H2,1-6H3,(H,40,42,47)(H2,41,43,48);7H,3-6H2,1-2H3. The molecule has 0 aliphatic rings. The van der Waals surface area contributed by atoms with Crippen LogP contribution >= 0.6 is 0 Å². The molecular formula is C45H62N8O7. The van der Waals surface area contributed by atoms with Gasteiger partial charge in [0.15, 0.2) is 0 Å². The van der Waals surface area contributed by atoms with E-state index in [1.807, 2.05) is 84.6 Å². The molecular weight excluding hydrogens is 765 g/mol. The Balaban J connectivity index is 0.000000790. The van der Waals surface area contributed by atoms with E-state index in [4.69, 9.17) is 28.8 Å². The van der Waals surface area contributed by atoms with E-state index in [9.17, 15) is 9.59 Å². The third-order valence-electron chi connectivity index (χ3n) is 9.17. The number of aromatic nitrogens is 3. The molecule has 0 bridgehead atoms. The van der Waals surface area contributed by atoms with Crippen molar-refractivity contribution in [3.05, 3.63) is 102 Å². The normalized spacial score (nSPS) is 11.3. The first kappa shape index (κ1) is 47.3. The predicted octanol–water partition coefficient (Wildman–Crippen LogP) is 6.65. The Bertz CT molecular complexity index is 2050. The first-order valence-electron chi connectivity index (χ1n) is 20.0. The van der Waals surface area contributed by atoms with Gasteiger partial charge in [0.05, 0.1) is 50.0 Å². The van der Waals surface area contributed by atoms with Crippen LogP contribution in [0.4, 0.5) is 22.1 Å². The zero-order valence-electron chi connectivity index (χ0n) is 36.3. The van der Waals surface area contributed by atoms with Gasteiger partial charge in [-0.05, 0) is 48.9 Å². The van der Waals surface area contributed by atoms with Crippen molar-refractivity contribution in [2.24, 2.45) is 0 Å². The van der Waals surface area contributed by atoms with Gasteiger partial charge in [0, 0.05) is 83.1 Å². The molecule has 0 unspecified atom stereocenters. The molecule has 3 aromatic carbocycles. The highest BCUT2D eigenvalue weighted by Crippen LogP contribution is 2.33. The Kier molecular flexibility index (Phi) is 19.4. The molecule has 15 nitrogen and oxygen atoms in total. The van der Waals surface area contributed by atoms with Gasteiger partial charge in [-0.25, -0.2) is 14.5 Å². The summed E-state index contributed by atoms with van der Waals surface area (Å²) < 4.78 is 28.0. The van der Waals surface area contributed by atoms with Crippen molar-refractivity contribution in [1.29, 1.82) is 0 Å². The number of benzene rings is 3. The molecule has 5 rings (SSSR count). The number of ether oxygens (including phenoxy) is 5. The Morgan fingerprint density at radius 2 is 1.40 bits per heavy atom. The van der Waals surface area contributed by atoms with Gasteiger partial charge in [-0.3, -0.25) is 15.0 Å². The summed E-state index contributed by atoms with van der Waals surface area (Å²) in [6.45, 7) is 14.3. The lowest BCUT2D eigenvalue weighted by Gasteiger charge is -2.20. The number of aryl methyl sites for hydroxylation is 1. The maximum atomic E-state index is 13.4. The smallest absolute Gasteiger partial charge is 0.324 e. The number of hydrogen-bond donors (Lipinski definition) is 4. The molecule has 2 aromatic heterocycles. The number of carbonyl (C=O) groups excluding carboxylic acids is 2. The van der Waals surface area contributed by atoms with Gasteiger partial charge in [0.2, 0.25) is 5.91 Å². The lowest BCUT2D eigenvalue weighted by atomic mass is 9.92. The van der Waals surface area contributed by atoms with Crippen molar-refractivity contribution in [1.82, 2.24) is 25.0 Å². The molecule has 0 spiro atoms. The minimum atomic E-state index is -0.394. The van der Waals surface area contributed by atoms with E-state index in [0.717, 1.165) is 59.6 Å². The van der Waals surface area contributed by atoms with E-state index in [2.05, 4.69) is 47.0 Å². The fraction of sp³-hybridized carbons (Fsp3) is 0.422. The van der Waals surface area contributed by atoms with Gasteiger partial charge < -0.3 is 39.6 Å². The molecule has 15 heteroatoms. The lowest BCUT2D eigenvalue weighted by molar-refractivity contribution is -0.117. The molecule has 0 aliphatic heterocycles. The van der Waals surface area contributed by atoms with E-state index in [1.54, 1.807) is 45.4 Å². The first-order valence-corrected chi connectivity index (χ1v) is 20.0. The number of carbonyl (C=O) groups is 2. The number of nitrogens with zero attached hydrogens (tertiary/aromatic N) is 4. The van der Waals surface area contributed by atoms with E-state index in [0.29, 0.717) is 49.4 Å². The zero-order chi connectivity index (χ0) is 43.3. The molecule has 0 fully saturated rings. The fourth-order valence-corrected chi connectivity index (χ4v) is 5.86. The van der Waals surface area contributed by atoms with Gasteiger partial charge >= 0.3 is 6.03 Å². The molecule has 4 N–H and O–H groups in total. The molecule has 324 valence electrons. The van der Waals surface area contributed by atoms with E-state index >= 15 is 0 Å². The van der Waals surface area contributed by atoms with Crippen LogP contribution in [0.15, 0.2) is 85.1 Å². The molecule has 2 heterocycles. The largest absolute Gasteiger partial charge is 0.488 e. The molecule has 3 amide bonds. The number of rotatable bonds is 21. The summed E-state index contributed by atoms with van der Waals surface area (Å²) in [5.74, 6) is 1.47. The second kappa shape index (κ2) is 24.6. The first-order chi connectivity index (χ1) is 28.9. The Labute approximate surface area is 354 Å². The molecule has 60 heavy (non-hydrogen) atoms. The maximum absolute atomic E-state index is 13.4. The molecule has 0 saturated heterocycles. The predicted molar refractivity (Wildman–Crippen MR) is 238 cm³/mol. The second-order valence-electron chi connectivity index (χ2n) is 15.0. The summed E-state index contributed by atoms with van der Waals surface area (Å²) in [5, 5.41) is 18.5. The Morgan fingerprint density at radius 3 is 2.03 bits per heavy atom. The minimum Gasteiger partial charge on any atom is -0.488 e. The van der Waals surface area contributed by atoms with E-state index < -0.39 is 6.03 Å². The van der Waals surface area contributed by atoms with Gasteiger partial charge in [-0.15, -0.1) is 0 Å². The van der Waals surface area contributed by atoms with Crippen LogP contribution in [0.25, 0.3) is 16.5 Å². The van der Waals surface area contributed by atoms with Crippen LogP contribution < -0.4 is 26.0 Å². The van der Waals surface area contributed by atoms with Crippen LogP contribution in [-0.4, -0.2) is 119 Å². The van der Waals surface area contributed by atoms with E-state index in [1.165, 1.54) is 0 Å². The third-order valence-corrected chi connectivity index (χ3v) is 9.17. The van der Waals surface area contributed by atoms with Crippen LogP contribution in [0, 0.1) is 6.92 Å². The number of hydrogen-bond acceptors (Lipinski definition) is 11. The highest BCUT2D eigenvalue weighted by atomic mass is 16.5. The Hall–Kier alpha value is -5.42. The molecule has 5 aromatic rings. The van der Waals surface area contributed by atoms with Crippen LogP contribution in [0.3, 0.4) is 0 Å². The van der Waals surface area contributed by atoms with E-state index in [-0.39, 0.29) is 24.5 Å². The second-order valence-corrected chi connectivity index (χ2v) is 15.0.